The average molecular weight is 275 g/mol. The van der Waals surface area contributed by atoms with Crippen molar-refractivity contribution in [3.63, 3.8) is 0 Å². The van der Waals surface area contributed by atoms with Gasteiger partial charge in [-0.15, -0.1) is 0 Å². The Labute approximate surface area is 103 Å². The first-order valence-electron chi connectivity index (χ1n) is 4.89. The van der Waals surface area contributed by atoms with E-state index in [1.165, 1.54) is 7.05 Å². The molecule has 1 aromatic carbocycles. The number of halogens is 2. The maximum absolute atomic E-state index is 13.6. The van der Waals surface area contributed by atoms with E-state index in [9.17, 15) is 17.2 Å². The summed E-state index contributed by atoms with van der Waals surface area (Å²) in [6, 6.07) is 3.36. The Hall–Kier alpha value is -1.72. The Kier molecular flexibility index (Phi) is 4.21. The van der Waals surface area contributed by atoms with E-state index in [1.54, 1.807) is 6.07 Å². The van der Waals surface area contributed by atoms with Crippen LogP contribution in [0, 0.1) is 23.0 Å². The summed E-state index contributed by atoms with van der Waals surface area (Å²) >= 11 is 0. The van der Waals surface area contributed by atoms with Crippen LogP contribution in [0.4, 0.5) is 14.5 Å². The molecule has 0 saturated carbocycles. The SMILES string of the molecule is CN(CCC#N)S(=O)(=O)c1ccc(F)c(N)c1F. The largest absolute Gasteiger partial charge is 0.394 e. The summed E-state index contributed by atoms with van der Waals surface area (Å²) in [6.07, 6.45) is -0.0337. The van der Waals surface area contributed by atoms with Gasteiger partial charge in [-0.1, -0.05) is 0 Å². The summed E-state index contributed by atoms with van der Waals surface area (Å²) in [4.78, 5) is -0.707. The lowest BCUT2D eigenvalue weighted by atomic mass is 10.3. The molecular formula is C10H11F2N3O2S. The van der Waals surface area contributed by atoms with Crippen molar-refractivity contribution in [1.29, 1.82) is 5.26 Å². The monoisotopic (exact) mass is 275 g/mol. The Balaban J connectivity index is 3.22. The molecule has 0 aliphatic rings. The lowest BCUT2D eigenvalue weighted by Crippen LogP contribution is -2.28. The summed E-state index contributed by atoms with van der Waals surface area (Å²) in [7, 11) is -2.92. The van der Waals surface area contributed by atoms with Crippen LogP contribution in [0.3, 0.4) is 0 Å². The smallest absolute Gasteiger partial charge is 0.245 e. The number of nitrogen functional groups attached to an aromatic ring is 1. The summed E-state index contributed by atoms with van der Waals surface area (Å²) in [6.45, 7) is -0.0877. The van der Waals surface area contributed by atoms with E-state index in [4.69, 9.17) is 11.0 Å². The van der Waals surface area contributed by atoms with Crippen LogP contribution in [0.15, 0.2) is 17.0 Å². The predicted octanol–water partition coefficient (Wildman–Crippen LogP) is 1.08. The van der Waals surface area contributed by atoms with Gasteiger partial charge >= 0.3 is 0 Å². The minimum atomic E-state index is -4.12. The number of nitrogens with two attached hydrogens (primary N) is 1. The molecule has 1 aromatic rings. The summed E-state index contributed by atoms with van der Waals surface area (Å²) in [5.41, 5.74) is 4.25. The Morgan fingerprint density at radius 1 is 1.44 bits per heavy atom. The van der Waals surface area contributed by atoms with Crippen molar-refractivity contribution >= 4 is 15.7 Å². The number of nitriles is 1. The Morgan fingerprint density at radius 3 is 2.61 bits per heavy atom. The van der Waals surface area contributed by atoms with Gasteiger partial charge in [0.25, 0.3) is 0 Å². The highest BCUT2D eigenvalue weighted by molar-refractivity contribution is 7.89. The van der Waals surface area contributed by atoms with Crippen LogP contribution in [0.1, 0.15) is 6.42 Å². The first-order chi connectivity index (χ1) is 8.32. The highest BCUT2D eigenvalue weighted by atomic mass is 32.2. The highest BCUT2D eigenvalue weighted by Gasteiger charge is 2.26. The van der Waals surface area contributed by atoms with E-state index in [0.29, 0.717) is 0 Å². The second-order valence-electron chi connectivity index (χ2n) is 3.51. The number of anilines is 1. The molecule has 0 aliphatic heterocycles. The molecule has 0 atom stereocenters. The number of hydrogen-bond acceptors (Lipinski definition) is 4. The Bertz CT molecular complexity index is 596. The van der Waals surface area contributed by atoms with E-state index >= 15 is 0 Å². The molecule has 5 nitrogen and oxygen atoms in total. The minimum Gasteiger partial charge on any atom is -0.394 e. The molecular weight excluding hydrogens is 264 g/mol. The third kappa shape index (κ3) is 2.57. The highest BCUT2D eigenvalue weighted by Crippen LogP contribution is 2.24. The van der Waals surface area contributed by atoms with Crippen molar-refractivity contribution in [2.75, 3.05) is 19.3 Å². The standard InChI is InChI=1S/C10H11F2N3O2S/c1-15(6-2-5-13)18(16,17)8-4-3-7(11)10(14)9(8)12/h3-4H,2,6,14H2,1H3. The van der Waals surface area contributed by atoms with Gasteiger partial charge in [0.15, 0.2) is 5.82 Å². The fourth-order valence-corrected chi connectivity index (χ4v) is 2.49. The minimum absolute atomic E-state index is 0.0337. The van der Waals surface area contributed by atoms with Crippen molar-refractivity contribution in [2.45, 2.75) is 11.3 Å². The number of nitrogens with zero attached hydrogens (tertiary/aromatic N) is 2. The zero-order valence-corrected chi connectivity index (χ0v) is 10.3. The van der Waals surface area contributed by atoms with Crippen LogP contribution in [0.5, 0.6) is 0 Å². The van der Waals surface area contributed by atoms with Crippen LogP contribution in [0.2, 0.25) is 0 Å². The van der Waals surface area contributed by atoms with Crippen LogP contribution in [-0.2, 0) is 10.0 Å². The van der Waals surface area contributed by atoms with Gasteiger partial charge < -0.3 is 5.73 Å². The molecule has 0 aliphatic carbocycles. The van der Waals surface area contributed by atoms with E-state index < -0.39 is 32.2 Å². The molecule has 0 saturated heterocycles. The second kappa shape index (κ2) is 5.29. The first-order valence-corrected chi connectivity index (χ1v) is 6.33. The van der Waals surface area contributed by atoms with E-state index in [1.807, 2.05) is 0 Å². The molecule has 2 N–H and O–H groups in total. The Morgan fingerprint density at radius 2 is 2.06 bits per heavy atom. The third-order valence-electron chi connectivity index (χ3n) is 2.32. The van der Waals surface area contributed by atoms with E-state index in [2.05, 4.69) is 0 Å². The maximum atomic E-state index is 13.6. The maximum Gasteiger partial charge on any atom is 0.245 e. The third-order valence-corrected chi connectivity index (χ3v) is 4.19. The van der Waals surface area contributed by atoms with Crippen molar-refractivity contribution in [1.82, 2.24) is 4.31 Å². The molecule has 0 unspecified atom stereocenters. The second-order valence-corrected chi connectivity index (χ2v) is 5.52. The number of hydrogen-bond donors (Lipinski definition) is 1. The van der Waals surface area contributed by atoms with Gasteiger partial charge in [-0.2, -0.15) is 9.57 Å². The molecule has 0 fully saturated rings. The van der Waals surface area contributed by atoms with Crippen molar-refractivity contribution < 1.29 is 17.2 Å². The number of sulfonamides is 1. The molecule has 0 radical (unpaired) electrons. The van der Waals surface area contributed by atoms with Crippen molar-refractivity contribution in [2.24, 2.45) is 0 Å². The molecule has 0 aromatic heterocycles. The van der Waals surface area contributed by atoms with Crippen LogP contribution >= 0.6 is 0 Å². The van der Waals surface area contributed by atoms with E-state index in [-0.39, 0.29) is 13.0 Å². The molecule has 0 heterocycles. The average Bonchev–Trinajstić information content (AvgIpc) is 2.32. The summed E-state index contributed by atoms with van der Waals surface area (Å²) in [5.74, 6) is -2.34. The fourth-order valence-electron chi connectivity index (χ4n) is 1.24. The van der Waals surface area contributed by atoms with Gasteiger partial charge in [0.2, 0.25) is 10.0 Å². The molecule has 0 bridgehead atoms. The van der Waals surface area contributed by atoms with Crippen molar-refractivity contribution in [3.8, 4) is 6.07 Å². The van der Waals surface area contributed by atoms with Gasteiger partial charge in [-0.05, 0) is 12.1 Å². The molecule has 1 rings (SSSR count). The normalized spacial score (nSPS) is 11.5. The number of rotatable bonds is 4. The van der Waals surface area contributed by atoms with Crippen LogP contribution in [0.25, 0.3) is 0 Å². The quantitative estimate of drug-likeness (QED) is 0.833. The first kappa shape index (κ1) is 14.3. The predicted molar refractivity (Wildman–Crippen MR) is 60.8 cm³/mol. The van der Waals surface area contributed by atoms with Crippen molar-refractivity contribution in [3.05, 3.63) is 23.8 Å². The van der Waals surface area contributed by atoms with Crippen LogP contribution in [-0.4, -0.2) is 26.3 Å². The molecule has 18 heavy (non-hydrogen) atoms. The van der Waals surface area contributed by atoms with E-state index in [0.717, 1.165) is 16.4 Å². The lowest BCUT2D eigenvalue weighted by Gasteiger charge is -2.16. The van der Waals surface area contributed by atoms with Gasteiger partial charge in [-0.3, -0.25) is 0 Å². The topological polar surface area (TPSA) is 87.2 Å². The fraction of sp³-hybridized carbons (Fsp3) is 0.300. The summed E-state index contributed by atoms with van der Waals surface area (Å²) < 4.78 is 51.2. The zero-order valence-electron chi connectivity index (χ0n) is 9.52. The molecule has 0 spiro atoms. The van der Waals surface area contributed by atoms with Crippen LogP contribution < -0.4 is 5.73 Å². The van der Waals surface area contributed by atoms with Gasteiger partial charge in [0, 0.05) is 20.0 Å². The van der Waals surface area contributed by atoms with Gasteiger partial charge in [0.1, 0.15) is 16.4 Å². The van der Waals surface area contributed by atoms with Gasteiger partial charge in [0.05, 0.1) is 6.07 Å². The number of benzene rings is 1. The lowest BCUT2D eigenvalue weighted by molar-refractivity contribution is 0.468. The summed E-state index contributed by atoms with van der Waals surface area (Å²) in [5, 5.41) is 8.37. The molecule has 8 heteroatoms. The van der Waals surface area contributed by atoms with Gasteiger partial charge in [-0.25, -0.2) is 17.2 Å². The molecule has 98 valence electrons. The zero-order chi connectivity index (χ0) is 13.9. The molecule has 0 amide bonds.